The maximum absolute atomic E-state index is 12.7. The Kier molecular flexibility index (Phi) is 4.27. The fourth-order valence-corrected chi connectivity index (χ4v) is 3.26. The van der Waals surface area contributed by atoms with Gasteiger partial charge < -0.3 is 4.90 Å². The molecule has 1 atom stereocenters. The van der Waals surface area contributed by atoms with Crippen molar-refractivity contribution in [2.75, 3.05) is 37.6 Å². The van der Waals surface area contributed by atoms with Crippen molar-refractivity contribution in [1.29, 1.82) is 0 Å². The zero-order chi connectivity index (χ0) is 15.7. The number of hydrogen-bond donors (Lipinski definition) is 0. The Bertz CT molecular complexity index is 562. The zero-order valence-corrected chi connectivity index (χ0v) is 13.3. The lowest BCUT2D eigenvalue weighted by atomic mass is 10.1. The van der Waals surface area contributed by atoms with Gasteiger partial charge in [0.15, 0.2) is 0 Å². The summed E-state index contributed by atoms with van der Waals surface area (Å²) in [6, 6.07) is 7.28. The molecule has 2 amide bonds. The van der Waals surface area contributed by atoms with Crippen LogP contribution in [0.3, 0.4) is 0 Å². The summed E-state index contributed by atoms with van der Waals surface area (Å²) in [5.41, 5.74) is 1.81. The van der Waals surface area contributed by atoms with Crippen molar-refractivity contribution in [2.24, 2.45) is 0 Å². The Morgan fingerprint density at radius 3 is 2.27 bits per heavy atom. The first-order chi connectivity index (χ1) is 10.6. The van der Waals surface area contributed by atoms with Crippen LogP contribution in [0.1, 0.15) is 18.9 Å². The van der Waals surface area contributed by atoms with Crippen LogP contribution in [-0.4, -0.2) is 60.4 Å². The van der Waals surface area contributed by atoms with Crippen molar-refractivity contribution in [3.8, 4) is 0 Å². The second-order valence-electron chi connectivity index (χ2n) is 6.09. The monoisotopic (exact) mass is 301 g/mol. The van der Waals surface area contributed by atoms with E-state index >= 15 is 0 Å². The standard InChI is InChI=1S/C17H23N3O2/c1-3-18-8-10-19(11-9-18)15-12-16(21)20(17(15)22)14-6-4-13(2)5-7-14/h4-7,15H,3,8-12H2,1-2H3. The third-order valence-electron chi connectivity index (χ3n) is 4.71. The first kappa shape index (κ1) is 15.2. The van der Waals surface area contributed by atoms with E-state index in [1.54, 1.807) is 0 Å². The molecule has 0 spiro atoms. The smallest absolute Gasteiger partial charge is 0.251 e. The van der Waals surface area contributed by atoms with Gasteiger partial charge in [-0.3, -0.25) is 14.5 Å². The van der Waals surface area contributed by atoms with Crippen LogP contribution in [0.25, 0.3) is 0 Å². The van der Waals surface area contributed by atoms with E-state index < -0.39 is 0 Å². The highest BCUT2D eigenvalue weighted by atomic mass is 16.2. The van der Waals surface area contributed by atoms with Crippen LogP contribution in [0, 0.1) is 6.92 Å². The average Bonchev–Trinajstić information content (AvgIpc) is 2.83. The minimum absolute atomic E-state index is 0.0706. The molecule has 0 bridgehead atoms. The van der Waals surface area contributed by atoms with Crippen LogP contribution >= 0.6 is 0 Å². The molecule has 2 fully saturated rings. The molecule has 2 aliphatic rings. The van der Waals surface area contributed by atoms with Crippen molar-refractivity contribution in [1.82, 2.24) is 9.80 Å². The van der Waals surface area contributed by atoms with E-state index in [0.29, 0.717) is 12.1 Å². The topological polar surface area (TPSA) is 43.9 Å². The van der Waals surface area contributed by atoms with E-state index in [0.717, 1.165) is 38.3 Å². The number of hydrogen-bond acceptors (Lipinski definition) is 4. The summed E-state index contributed by atoms with van der Waals surface area (Å²) in [5.74, 6) is -0.157. The van der Waals surface area contributed by atoms with Gasteiger partial charge in [-0.05, 0) is 25.6 Å². The molecular weight excluding hydrogens is 278 g/mol. The second-order valence-corrected chi connectivity index (χ2v) is 6.09. The van der Waals surface area contributed by atoms with Crippen molar-refractivity contribution >= 4 is 17.5 Å². The van der Waals surface area contributed by atoms with Gasteiger partial charge in [-0.1, -0.05) is 24.6 Å². The van der Waals surface area contributed by atoms with Crippen LogP contribution < -0.4 is 4.90 Å². The predicted octanol–water partition coefficient (Wildman–Crippen LogP) is 1.26. The van der Waals surface area contributed by atoms with Gasteiger partial charge in [0.2, 0.25) is 5.91 Å². The molecule has 0 saturated carbocycles. The average molecular weight is 301 g/mol. The number of carbonyl (C=O) groups excluding carboxylic acids is 2. The molecule has 0 radical (unpaired) electrons. The lowest BCUT2D eigenvalue weighted by Gasteiger charge is -2.36. The minimum atomic E-state index is -0.284. The molecule has 2 aliphatic heterocycles. The third kappa shape index (κ3) is 2.78. The van der Waals surface area contributed by atoms with Crippen LogP contribution in [0.15, 0.2) is 24.3 Å². The van der Waals surface area contributed by atoms with E-state index in [9.17, 15) is 9.59 Å². The van der Waals surface area contributed by atoms with Crippen LogP contribution in [0.5, 0.6) is 0 Å². The number of piperazine rings is 1. The Morgan fingerprint density at radius 1 is 1.05 bits per heavy atom. The Morgan fingerprint density at radius 2 is 1.68 bits per heavy atom. The number of anilines is 1. The molecule has 1 aromatic rings. The summed E-state index contributed by atoms with van der Waals surface area (Å²) in [6.07, 6.45) is 0.304. The summed E-state index contributed by atoms with van der Waals surface area (Å²) in [4.78, 5) is 30.9. The number of carbonyl (C=O) groups is 2. The number of nitrogens with zero attached hydrogens (tertiary/aromatic N) is 3. The van der Waals surface area contributed by atoms with E-state index in [-0.39, 0.29) is 17.9 Å². The van der Waals surface area contributed by atoms with Gasteiger partial charge in [0, 0.05) is 26.2 Å². The summed E-state index contributed by atoms with van der Waals surface area (Å²) in [6.45, 7) is 8.85. The van der Waals surface area contributed by atoms with Gasteiger partial charge in [-0.2, -0.15) is 0 Å². The molecule has 0 aromatic heterocycles. The summed E-state index contributed by atoms with van der Waals surface area (Å²) < 4.78 is 0. The zero-order valence-electron chi connectivity index (χ0n) is 13.3. The van der Waals surface area contributed by atoms with Crippen molar-refractivity contribution in [3.63, 3.8) is 0 Å². The molecule has 3 rings (SSSR count). The third-order valence-corrected chi connectivity index (χ3v) is 4.71. The molecule has 2 saturated heterocycles. The molecule has 0 aliphatic carbocycles. The van der Waals surface area contributed by atoms with E-state index in [1.165, 1.54) is 4.90 Å². The maximum Gasteiger partial charge on any atom is 0.251 e. The van der Waals surface area contributed by atoms with Gasteiger partial charge in [0.1, 0.15) is 0 Å². The fraction of sp³-hybridized carbons (Fsp3) is 0.529. The van der Waals surface area contributed by atoms with Crippen LogP contribution in [0.2, 0.25) is 0 Å². The molecule has 0 N–H and O–H groups in total. The number of benzene rings is 1. The normalized spacial score (nSPS) is 24.3. The number of amides is 2. The number of aryl methyl sites for hydroxylation is 1. The molecule has 5 nitrogen and oxygen atoms in total. The maximum atomic E-state index is 12.7. The molecular formula is C17H23N3O2. The van der Waals surface area contributed by atoms with E-state index in [4.69, 9.17) is 0 Å². The highest BCUT2D eigenvalue weighted by molar-refractivity contribution is 6.22. The first-order valence-electron chi connectivity index (χ1n) is 8.00. The largest absolute Gasteiger partial charge is 0.301 e. The molecule has 1 aromatic carbocycles. The number of likely N-dealkylation sites (N-methyl/N-ethyl adjacent to an activating group) is 1. The number of imide groups is 1. The van der Waals surface area contributed by atoms with Gasteiger partial charge in [-0.15, -0.1) is 0 Å². The van der Waals surface area contributed by atoms with Crippen LogP contribution in [-0.2, 0) is 9.59 Å². The molecule has 118 valence electrons. The fourth-order valence-electron chi connectivity index (χ4n) is 3.26. The van der Waals surface area contributed by atoms with E-state index in [2.05, 4.69) is 16.7 Å². The van der Waals surface area contributed by atoms with Crippen LogP contribution in [0.4, 0.5) is 5.69 Å². The predicted molar refractivity (Wildman–Crippen MR) is 85.8 cm³/mol. The van der Waals surface area contributed by atoms with Gasteiger partial charge in [0.25, 0.3) is 5.91 Å². The first-order valence-corrected chi connectivity index (χ1v) is 8.00. The second kappa shape index (κ2) is 6.18. The molecule has 22 heavy (non-hydrogen) atoms. The van der Waals surface area contributed by atoms with Crippen molar-refractivity contribution in [2.45, 2.75) is 26.3 Å². The Labute approximate surface area is 131 Å². The Balaban J connectivity index is 1.73. The lowest BCUT2D eigenvalue weighted by molar-refractivity contribution is -0.123. The summed E-state index contributed by atoms with van der Waals surface area (Å²) >= 11 is 0. The Hall–Kier alpha value is -1.72. The molecule has 2 heterocycles. The SMILES string of the molecule is CCN1CCN(C2CC(=O)N(c3ccc(C)cc3)C2=O)CC1. The number of rotatable bonds is 3. The van der Waals surface area contributed by atoms with Gasteiger partial charge in [0.05, 0.1) is 18.2 Å². The van der Waals surface area contributed by atoms with Crippen molar-refractivity contribution in [3.05, 3.63) is 29.8 Å². The molecule has 1 unspecified atom stereocenters. The highest BCUT2D eigenvalue weighted by Gasteiger charge is 2.43. The van der Waals surface area contributed by atoms with Gasteiger partial charge in [-0.25, -0.2) is 4.90 Å². The lowest BCUT2D eigenvalue weighted by Crippen LogP contribution is -2.52. The van der Waals surface area contributed by atoms with Gasteiger partial charge >= 0.3 is 0 Å². The quantitative estimate of drug-likeness (QED) is 0.789. The highest BCUT2D eigenvalue weighted by Crippen LogP contribution is 2.26. The molecule has 5 heteroatoms. The van der Waals surface area contributed by atoms with E-state index in [1.807, 2.05) is 31.2 Å². The summed E-state index contributed by atoms with van der Waals surface area (Å²) in [7, 11) is 0. The minimum Gasteiger partial charge on any atom is -0.301 e. The van der Waals surface area contributed by atoms with Crippen molar-refractivity contribution < 1.29 is 9.59 Å². The summed E-state index contributed by atoms with van der Waals surface area (Å²) in [5, 5.41) is 0.